The number of benzene rings is 6. The van der Waals surface area contributed by atoms with Crippen molar-refractivity contribution in [2.24, 2.45) is 5.92 Å². The Bertz CT molecular complexity index is 3860. The molecule has 0 bridgehead atoms. The van der Waals surface area contributed by atoms with Gasteiger partial charge in [-0.1, -0.05) is 247 Å². The summed E-state index contributed by atoms with van der Waals surface area (Å²) < 4.78 is 13.0. The molecule has 12 rings (SSSR count). The molecule has 0 spiro atoms. The summed E-state index contributed by atoms with van der Waals surface area (Å²) in [5, 5.41) is 10.2. The Balaban J connectivity index is 0.000000584. The van der Waals surface area contributed by atoms with Crippen molar-refractivity contribution in [2.45, 2.75) is 122 Å². The number of aromatic nitrogens is 9. The zero-order valence-electron chi connectivity index (χ0n) is 59.6. The number of aromatic amines is 1. The van der Waals surface area contributed by atoms with E-state index in [1.807, 2.05) is 263 Å². The summed E-state index contributed by atoms with van der Waals surface area (Å²) in [6.07, 6.45) is 3.48. The SMILES string of the molecule is Brc1ccccc1.CC.CC.CC.CC(C)C.CC1(C)OB(c2ccccc2)OC1(C)C.Cc1cc(-c2ccccc2)nc(Nc2cccnc2)n1.Cc1cc(Cl)nc(N)n1.Cc1cc(Cl)nc(Nc2ccccc2)n1.O=c1cc(-c2ccccc2)nc(Nc2ccccc2)[nH]1.[Na+].[OH-]. The Morgan fingerprint density at radius 2 is 0.867 bits per heavy atom. The molecule has 512 valence electrons. The number of anilines is 7. The van der Waals surface area contributed by atoms with Gasteiger partial charge < -0.3 is 36.5 Å². The molecule has 6 heterocycles. The van der Waals surface area contributed by atoms with E-state index in [0.29, 0.717) is 33.8 Å². The van der Waals surface area contributed by atoms with Crippen LogP contribution in [0.3, 0.4) is 0 Å². The molecule has 0 amide bonds. The predicted octanol–water partition coefficient (Wildman–Crippen LogP) is 17.0. The maximum Gasteiger partial charge on any atom is 1.00 e. The third-order valence-corrected chi connectivity index (χ3v) is 13.4. The second kappa shape index (κ2) is 48.5. The fourth-order valence-electron chi connectivity index (χ4n) is 7.67. The van der Waals surface area contributed by atoms with Gasteiger partial charge in [-0.15, -0.1) is 0 Å². The van der Waals surface area contributed by atoms with E-state index in [2.05, 4.69) is 125 Å². The Hall–Kier alpha value is -8.21. The molecule has 11 aromatic rings. The Labute approximate surface area is 622 Å². The van der Waals surface area contributed by atoms with E-state index >= 15 is 0 Å². The predicted molar refractivity (Wildman–Crippen MR) is 410 cm³/mol. The van der Waals surface area contributed by atoms with Crippen LogP contribution < -0.4 is 62.3 Å². The van der Waals surface area contributed by atoms with Crippen LogP contribution in [0.4, 0.5) is 40.9 Å². The van der Waals surface area contributed by atoms with E-state index in [0.717, 1.165) is 66.8 Å². The van der Waals surface area contributed by atoms with Crippen LogP contribution in [0, 0.1) is 26.7 Å². The van der Waals surface area contributed by atoms with Crippen molar-refractivity contribution in [3.63, 3.8) is 0 Å². The molecule has 98 heavy (non-hydrogen) atoms. The molecule has 1 aliphatic rings. The van der Waals surface area contributed by atoms with Crippen molar-refractivity contribution in [1.82, 2.24) is 44.9 Å². The minimum atomic E-state index is -0.256. The van der Waals surface area contributed by atoms with Crippen molar-refractivity contribution < 1.29 is 44.3 Å². The molecule has 0 unspecified atom stereocenters. The summed E-state index contributed by atoms with van der Waals surface area (Å²) in [5.41, 5.74) is 14.4. The average molecular weight is 1440 g/mol. The van der Waals surface area contributed by atoms with Crippen LogP contribution >= 0.6 is 39.1 Å². The number of aryl methyl sites for hydroxylation is 3. The Kier molecular flexibility index (Phi) is 43.5. The number of halogens is 3. The monoisotopic (exact) mass is 1440 g/mol. The number of H-pyrrole nitrogens is 1. The molecule has 0 radical (unpaired) electrons. The topological polar surface area (TPSA) is 247 Å². The standard InChI is InChI=1S/C16H14N4.C16H13N3O.C12H17BO2.C11H10ClN3.C6H5Br.C5H6ClN3.C4H10.3C2H6.Na.H2O/c1-12-10-15(13-6-3-2-4-7-13)20-16(18-12)19-14-8-5-9-17-11-14;20-15-11-14(12-7-3-1-4-8-12)18-16(19-15)17-13-9-5-2-6-10-13;1-11(2)12(3,4)15-13(14-11)10-8-6-5-7-9-10;1-8-7-10(12)15-11(13-8)14-9-5-3-2-4-6-9;7-6-4-2-1-3-5-6;1-3-2-4(6)9-5(7)8-3;1-4(2)3;3*1-2;;/h2-11H,1H3,(H,18,19,20);1-11H,(H2,17,18,19,20);5-9H,1-4H3;2-7H,1H3,(H,13,14,15);1-5H;2H,1H3,(H2,7,8,9);4H,1-3H3;3*1-2H3;;1H2/q;;;;;;;;;;+1;/p-1. The minimum absolute atomic E-state index is 0. The number of nitrogens with one attached hydrogen (secondary N) is 4. The fourth-order valence-corrected chi connectivity index (χ4v) is 8.46. The van der Waals surface area contributed by atoms with Gasteiger partial charge in [-0.2, -0.15) is 0 Å². The van der Waals surface area contributed by atoms with Crippen molar-refractivity contribution in [2.75, 3.05) is 21.7 Å². The number of nitrogens with two attached hydrogens (primary N) is 1. The molecule has 0 atom stereocenters. The zero-order valence-corrected chi connectivity index (χ0v) is 64.7. The van der Waals surface area contributed by atoms with E-state index in [1.165, 1.54) is 6.07 Å². The summed E-state index contributed by atoms with van der Waals surface area (Å²) >= 11 is 14.7. The molecule has 5 aromatic heterocycles. The molecule has 0 aliphatic carbocycles. The van der Waals surface area contributed by atoms with Gasteiger partial charge in [-0.25, -0.2) is 34.9 Å². The maximum atomic E-state index is 11.7. The first-order valence-electron chi connectivity index (χ1n) is 31.9. The summed E-state index contributed by atoms with van der Waals surface area (Å²) in [6, 6.07) is 69.7. The van der Waals surface area contributed by atoms with Crippen LogP contribution in [0.25, 0.3) is 22.5 Å². The molecular formula is C76H94BBrCl2N13NaO4. The second-order valence-electron chi connectivity index (χ2n) is 21.7. The molecule has 1 saturated heterocycles. The summed E-state index contributed by atoms with van der Waals surface area (Å²) in [5.74, 6) is 2.59. The van der Waals surface area contributed by atoms with Crippen LogP contribution in [0.1, 0.15) is 107 Å². The van der Waals surface area contributed by atoms with Gasteiger partial charge in [-0.05, 0) is 127 Å². The number of pyridine rings is 1. The van der Waals surface area contributed by atoms with Gasteiger partial charge in [0.05, 0.1) is 34.5 Å². The summed E-state index contributed by atoms with van der Waals surface area (Å²) in [6.45, 7) is 32.4. The molecule has 1 fully saturated rings. The Morgan fingerprint density at radius 1 is 0.490 bits per heavy atom. The number of para-hydroxylation sites is 2. The van der Waals surface area contributed by atoms with Crippen molar-refractivity contribution in [3.8, 4) is 22.5 Å². The Morgan fingerprint density at radius 3 is 1.29 bits per heavy atom. The number of hydrogen-bond donors (Lipinski definition) is 5. The third-order valence-electron chi connectivity index (χ3n) is 12.4. The number of nitrogens with zero attached hydrogens (tertiary/aromatic N) is 8. The van der Waals surface area contributed by atoms with Crippen LogP contribution in [0.5, 0.6) is 0 Å². The van der Waals surface area contributed by atoms with Gasteiger partial charge >= 0.3 is 36.7 Å². The van der Waals surface area contributed by atoms with Crippen molar-refractivity contribution >= 4 is 92.6 Å². The number of rotatable bonds is 9. The smallest absolute Gasteiger partial charge is 0.870 e. The van der Waals surface area contributed by atoms with Crippen LogP contribution in [-0.2, 0) is 9.31 Å². The summed E-state index contributed by atoms with van der Waals surface area (Å²) in [7, 11) is -0.240. The van der Waals surface area contributed by atoms with Crippen LogP contribution in [0.15, 0.2) is 240 Å². The quantitative estimate of drug-likeness (QED) is 0.0666. The number of nitrogen functional groups attached to an aromatic ring is 1. The summed E-state index contributed by atoms with van der Waals surface area (Å²) in [4.78, 5) is 47.7. The minimum Gasteiger partial charge on any atom is -0.870 e. The van der Waals surface area contributed by atoms with Gasteiger partial charge in [0.25, 0.3) is 5.56 Å². The van der Waals surface area contributed by atoms with Crippen molar-refractivity contribution in [1.29, 1.82) is 0 Å². The third kappa shape index (κ3) is 34.3. The first-order chi connectivity index (χ1) is 46.1. The first-order valence-corrected chi connectivity index (χ1v) is 33.4. The van der Waals surface area contributed by atoms with Gasteiger partial charge in [0.15, 0.2) is 0 Å². The number of hydrogen-bond acceptors (Lipinski definition) is 16. The van der Waals surface area contributed by atoms with Crippen molar-refractivity contribution in [3.05, 3.63) is 273 Å². The van der Waals surface area contributed by atoms with E-state index in [4.69, 9.17) is 38.2 Å². The molecule has 7 N–H and O–H groups in total. The first kappa shape index (κ1) is 87.8. The van der Waals surface area contributed by atoms with Gasteiger partial charge in [-0.3, -0.25) is 14.8 Å². The van der Waals surface area contributed by atoms with E-state index in [-0.39, 0.29) is 64.9 Å². The van der Waals surface area contributed by atoms with Gasteiger partial charge in [0.2, 0.25) is 23.8 Å². The molecule has 22 heteroatoms. The van der Waals surface area contributed by atoms with E-state index in [1.54, 1.807) is 24.5 Å². The fraction of sp³-hybridized carbons (Fsp3) is 0.250. The molecule has 6 aromatic carbocycles. The zero-order chi connectivity index (χ0) is 70.9. The second-order valence-corrected chi connectivity index (χ2v) is 23.3. The normalized spacial score (nSPS) is 11.3. The molecule has 17 nitrogen and oxygen atoms in total. The largest absolute Gasteiger partial charge is 1.00 e. The molecular weight excluding hydrogens is 1340 g/mol. The molecule has 1 aliphatic heterocycles. The van der Waals surface area contributed by atoms with Crippen LogP contribution in [-0.4, -0.2) is 68.7 Å². The van der Waals surface area contributed by atoms with Gasteiger partial charge in [0.1, 0.15) is 10.3 Å². The van der Waals surface area contributed by atoms with Crippen LogP contribution in [0.2, 0.25) is 10.3 Å². The molecule has 0 saturated carbocycles. The van der Waals surface area contributed by atoms with Gasteiger partial charge in [0, 0.05) is 56.3 Å². The van der Waals surface area contributed by atoms with E-state index in [9.17, 15) is 4.79 Å². The average Bonchev–Trinajstić information content (AvgIpc) is 1.62. The van der Waals surface area contributed by atoms with E-state index < -0.39 is 0 Å². The maximum absolute atomic E-state index is 11.7.